The first-order valence-corrected chi connectivity index (χ1v) is 15.7. The number of ketones is 3. The molecule has 0 spiro atoms. The van der Waals surface area contributed by atoms with Gasteiger partial charge in [-0.3, -0.25) is 14.4 Å². The van der Waals surface area contributed by atoms with E-state index < -0.39 is 120 Å². The molecule has 15 nitrogen and oxygen atoms in total. The molecule has 8 N–H and O–H groups in total. The topological polar surface area (TPSA) is 245 Å². The van der Waals surface area contributed by atoms with E-state index >= 15 is 0 Å². The Balaban J connectivity index is 1.34. The van der Waals surface area contributed by atoms with Crippen molar-refractivity contribution in [3.63, 3.8) is 0 Å². The van der Waals surface area contributed by atoms with Crippen molar-refractivity contribution in [1.82, 2.24) is 0 Å². The lowest BCUT2D eigenvalue weighted by atomic mass is 9.72. The van der Waals surface area contributed by atoms with Gasteiger partial charge in [-0.1, -0.05) is 12.1 Å². The predicted molar refractivity (Wildman–Crippen MR) is 162 cm³/mol. The van der Waals surface area contributed by atoms with Crippen molar-refractivity contribution in [1.29, 1.82) is 0 Å². The molecule has 15 heteroatoms. The maximum atomic E-state index is 13.8. The number of ether oxygens (including phenoxy) is 5. The molecule has 0 radical (unpaired) electrons. The number of Topliss-reactive ketones (excluding diaryl/α,β-unsaturated/α-hetero) is 1. The van der Waals surface area contributed by atoms with Crippen molar-refractivity contribution in [3.8, 4) is 17.2 Å². The Morgan fingerprint density at radius 2 is 1.65 bits per heavy atom. The number of hydrogen-bond acceptors (Lipinski definition) is 15. The van der Waals surface area contributed by atoms with E-state index in [-0.39, 0.29) is 40.8 Å². The van der Waals surface area contributed by atoms with Gasteiger partial charge in [-0.2, -0.15) is 0 Å². The zero-order valence-corrected chi connectivity index (χ0v) is 26.5. The van der Waals surface area contributed by atoms with Crippen molar-refractivity contribution in [2.75, 3.05) is 13.7 Å². The van der Waals surface area contributed by atoms with Gasteiger partial charge in [0, 0.05) is 48.4 Å². The number of nitrogens with two attached hydrogens (primary N) is 1. The maximum Gasteiger partial charge on any atom is 0.202 e. The van der Waals surface area contributed by atoms with Gasteiger partial charge >= 0.3 is 0 Å². The van der Waals surface area contributed by atoms with E-state index in [2.05, 4.69) is 0 Å². The average molecular weight is 674 g/mol. The van der Waals surface area contributed by atoms with E-state index in [1.807, 2.05) is 0 Å². The van der Waals surface area contributed by atoms with Crippen LogP contribution in [0.25, 0.3) is 0 Å². The Kier molecular flexibility index (Phi) is 9.12. The van der Waals surface area contributed by atoms with E-state index in [0.717, 1.165) is 0 Å². The number of aliphatic hydroxyl groups excluding tert-OH is 3. The first-order chi connectivity index (χ1) is 22.7. The third-order valence-electron chi connectivity index (χ3n) is 9.76. The number of phenols is 2. The number of carbonyl (C=O) groups is 3. The van der Waals surface area contributed by atoms with Crippen LogP contribution in [0.5, 0.6) is 17.2 Å². The second-order valence-electron chi connectivity index (χ2n) is 12.8. The maximum absolute atomic E-state index is 13.8. The summed E-state index contributed by atoms with van der Waals surface area (Å²) in [4.78, 5) is 40.3. The van der Waals surface area contributed by atoms with Crippen LogP contribution in [0.1, 0.15) is 82.2 Å². The number of fused-ring (bicyclic) bond motifs is 3. The molecule has 4 aliphatic rings. The van der Waals surface area contributed by atoms with Crippen LogP contribution in [0, 0.1) is 0 Å². The molecule has 2 aliphatic carbocycles. The van der Waals surface area contributed by atoms with Crippen molar-refractivity contribution in [3.05, 3.63) is 51.6 Å². The fourth-order valence-corrected chi connectivity index (χ4v) is 7.23. The normalized spacial score (nSPS) is 34.6. The van der Waals surface area contributed by atoms with E-state index in [4.69, 9.17) is 29.4 Å². The third-order valence-corrected chi connectivity index (χ3v) is 9.76. The second-order valence-corrected chi connectivity index (χ2v) is 12.8. The van der Waals surface area contributed by atoms with Crippen molar-refractivity contribution in [2.45, 2.75) is 100 Å². The molecule has 2 aromatic carbocycles. The molecule has 48 heavy (non-hydrogen) atoms. The Morgan fingerprint density at radius 3 is 2.29 bits per heavy atom. The summed E-state index contributed by atoms with van der Waals surface area (Å²) in [6.07, 6.45) is -9.04. The lowest BCUT2D eigenvalue weighted by Gasteiger charge is -2.44. The molecule has 2 fully saturated rings. The molecule has 2 aliphatic heterocycles. The number of methoxy groups -OCH3 is 1. The lowest BCUT2D eigenvalue weighted by molar-refractivity contribution is -0.311. The summed E-state index contributed by atoms with van der Waals surface area (Å²) in [5.74, 6) is -3.97. The van der Waals surface area contributed by atoms with Gasteiger partial charge in [-0.15, -0.1) is 0 Å². The van der Waals surface area contributed by atoms with Gasteiger partial charge in [-0.05, 0) is 19.9 Å². The van der Waals surface area contributed by atoms with Gasteiger partial charge in [-0.25, -0.2) is 0 Å². The number of phenolic OH excluding ortho intramolecular Hbond substituents is 2. The standard InChI is InChI=1S/C33H39NO14/c1-12-27(38)16(34)7-21(45-12)48-32-13(2)46-22(8-17(32)36)47-19-10-33(43,20(37)11-35)9-15-24(19)31(42)26-25(29(15)40)28(39)14-5-4-6-18(44-3)23(14)30(26)41/h4-6,12-13,16-17,19,21-22,27,32,35-36,38,40,42-43H,7-11,34H2,1-3H3/t12?,13?,16-,17-,19+,21+,22+,27-,32-,33+/m1/s1. The second kappa shape index (κ2) is 12.7. The summed E-state index contributed by atoms with van der Waals surface area (Å²) in [6.45, 7) is 2.20. The van der Waals surface area contributed by atoms with Crippen LogP contribution in [0.3, 0.4) is 0 Å². The molecule has 2 aromatic rings. The molecule has 260 valence electrons. The molecule has 0 bridgehead atoms. The molecule has 6 rings (SSSR count). The van der Waals surface area contributed by atoms with Gasteiger partial charge in [0.1, 0.15) is 35.6 Å². The minimum Gasteiger partial charge on any atom is -0.507 e. The number of carbonyl (C=O) groups excluding carboxylic acids is 3. The van der Waals surface area contributed by atoms with E-state index in [0.29, 0.717) is 0 Å². The third kappa shape index (κ3) is 5.58. The quantitative estimate of drug-likeness (QED) is 0.162. The molecule has 2 saturated heterocycles. The summed E-state index contributed by atoms with van der Waals surface area (Å²) in [7, 11) is 1.31. The van der Waals surface area contributed by atoms with Gasteiger partial charge in [0.05, 0.1) is 54.3 Å². The van der Waals surface area contributed by atoms with Crippen LogP contribution < -0.4 is 10.5 Å². The Morgan fingerprint density at radius 1 is 0.979 bits per heavy atom. The fraction of sp³-hybridized carbons (Fsp3) is 0.545. The highest BCUT2D eigenvalue weighted by molar-refractivity contribution is 6.31. The molecular weight excluding hydrogens is 634 g/mol. The smallest absolute Gasteiger partial charge is 0.202 e. The van der Waals surface area contributed by atoms with Crippen LogP contribution in [0.2, 0.25) is 0 Å². The summed E-state index contributed by atoms with van der Waals surface area (Å²) >= 11 is 0. The van der Waals surface area contributed by atoms with Crippen molar-refractivity contribution in [2.24, 2.45) is 5.73 Å². The molecular formula is C33H39NO14. The summed E-state index contributed by atoms with van der Waals surface area (Å²) in [5.41, 5.74) is 2.10. The molecule has 10 atom stereocenters. The van der Waals surface area contributed by atoms with Gasteiger partial charge in [0.25, 0.3) is 0 Å². The van der Waals surface area contributed by atoms with Gasteiger partial charge < -0.3 is 60.1 Å². The molecule has 2 unspecified atom stereocenters. The fourth-order valence-electron chi connectivity index (χ4n) is 7.23. The highest BCUT2D eigenvalue weighted by Gasteiger charge is 2.50. The van der Waals surface area contributed by atoms with E-state index in [1.165, 1.54) is 25.3 Å². The highest BCUT2D eigenvalue weighted by atomic mass is 16.7. The first kappa shape index (κ1) is 34.4. The number of hydrogen-bond donors (Lipinski definition) is 7. The summed E-state index contributed by atoms with van der Waals surface area (Å²) < 4.78 is 29.2. The average Bonchev–Trinajstić information content (AvgIpc) is 3.04. The Bertz CT molecular complexity index is 1620. The van der Waals surface area contributed by atoms with Crippen LogP contribution in [0.15, 0.2) is 18.2 Å². The largest absolute Gasteiger partial charge is 0.507 e. The van der Waals surface area contributed by atoms with Crippen molar-refractivity contribution < 1.29 is 68.7 Å². The van der Waals surface area contributed by atoms with Gasteiger partial charge in [0.15, 0.2) is 24.1 Å². The monoisotopic (exact) mass is 673 g/mol. The van der Waals surface area contributed by atoms with Crippen molar-refractivity contribution >= 4 is 17.3 Å². The molecule has 2 heterocycles. The van der Waals surface area contributed by atoms with Crippen LogP contribution >= 0.6 is 0 Å². The number of rotatable bonds is 7. The zero-order chi connectivity index (χ0) is 34.8. The Labute approximate surface area is 274 Å². The zero-order valence-electron chi connectivity index (χ0n) is 26.5. The van der Waals surface area contributed by atoms with E-state index in [9.17, 15) is 45.0 Å². The summed E-state index contributed by atoms with van der Waals surface area (Å²) in [6, 6.07) is 3.73. The highest BCUT2D eigenvalue weighted by Crippen LogP contribution is 2.52. The van der Waals surface area contributed by atoms with Crippen LogP contribution in [0.4, 0.5) is 0 Å². The number of aromatic hydroxyl groups is 2. The SMILES string of the molecule is COc1cccc2c1C(=O)c1c(O)c3c(c(O)c1C2=O)C[C@@](O)(C(=O)CO)C[C@@H]3O[C@H]1C[C@@H](O)[C@H](O[C@H]2C[C@@H](N)[C@H](O)C(C)O2)C(C)O1. The van der Waals surface area contributed by atoms with Crippen LogP contribution in [-0.4, -0.2) is 116 Å². The molecule has 0 saturated carbocycles. The van der Waals surface area contributed by atoms with Crippen LogP contribution in [-0.2, 0) is 30.2 Å². The first-order valence-electron chi connectivity index (χ1n) is 15.7. The number of benzene rings is 2. The minimum absolute atomic E-state index is 0.0745. The minimum atomic E-state index is -2.31. The Hall–Kier alpha value is -3.51. The predicted octanol–water partition coefficient (Wildman–Crippen LogP) is -0.118. The summed E-state index contributed by atoms with van der Waals surface area (Å²) in [5, 5.41) is 65.5. The molecule has 0 aromatic heterocycles. The molecule has 0 amide bonds. The lowest BCUT2D eigenvalue weighted by Crippen LogP contribution is -2.56. The van der Waals surface area contributed by atoms with Gasteiger partial charge in [0.2, 0.25) is 5.78 Å². The van der Waals surface area contributed by atoms with E-state index in [1.54, 1.807) is 13.8 Å². The number of aliphatic hydroxyl groups is 4.